The van der Waals surface area contributed by atoms with Crippen LogP contribution in [-0.4, -0.2) is 39.2 Å². The number of H-pyrrole nitrogens is 1. The molecule has 0 aliphatic heterocycles. The average molecular weight is 289 g/mol. The zero-order valence-corrected chi connectivity index (χ0v) is 12.6. The van der Waals surface area contributed by atoms with E-state index in [-0.39, 0.29) is 6.10 Å². The van der Waals surface area contributed by atoms with Crippen LogP contribution in [0.5, 0.6) is 5.75 Å². The number of imidazole rings is 1. The van der Waals surface area contributed by atoms with Gasteiger partial charge in [-0.05, 0) is 19.9 Å². The maximum absolute atomic E-state index is 9.70. The first kappa shape index (κ1) is 15.5. The summed E-state index contributed by atoms with van der Waals surface area (Å²) in [5.74, 6) is 1.79. The highest BCUT2D eigenvalue weighted by atomic mass is 16.5. The normalized spacial score (nSPS) is 12.6. The van der Waals surface area contributed by atoms with Crippen LogP contribution >= 0.6 is 0 Å². The summed E-state index contributed by atoms with van der Waals surface area (Å²) in [5, 5.41) is 9.70. The lowest BCUT2D eigenvalue weighted by molar-refractivity contribution is 0.116. The van der Waals surface area contributed by atoms with Crippen molar-refractivity contribution in [3.8, 4) is 5.75 Å². The Labute approximate surface area is 125 Å². The monoisotopic (exact) mass is 289 g/mol. The Morgan fingerprint density at radius 1 is 1.33 bits per heavy atom. The van der Waals surface area contributed by atoms with E-state index in [0.717, 1.165) is 17.1 Å². The van der Waals surface area contributed by atoms with E-state index < -0.39 is 0 Å². The number of ether oxygens (including phenoxy) is 1. The zero-order valence-electron chi connectivity index (χ0n) is 12.6. The Bertz CT molecular complexity index is 526. The van der Waals surface area contributed by atoms with Crippen molar-refractivity contribution in [3.05, 3.63) is 48.0 Å². The standard InChI is InChI=1S/C16H23N3O2/c1-3-21-15-7-5-4-6-14(15)11-19(10-13(2)20)12-16-17-8-9-18-16/h4-9,13,20H,3,10-12H2,1-2H3,(H,17,18)/t13-/m1/s1. The number of aliphatic hydroxyl groups excluding tert-OH is 1. The van der Waals surface area contributed by atoms with Crippen LogP contribution in [0.15, 0.2) is 36.7 Å². The molecule has 0 spiro atoms. The number of nitrogens with zero attached hydrogens (tertiary/aromatic N) is 2. The van der Waals surface area contributed by atoms with Crippen LogP contribution in [0, 0.1) is 0 Å². The first-order chi connectivity index (χ1) is 10.2. The van der Waals surface area contributed by atoms with Gasteiger partial charge in [0, 0.05) is 31.0 Å². The van der Waals surface area contributed by atoms with E-state index >= 15 is 0 Å². The Morgan fingerprint density at radius 2 is 2.14 bits per heavy atom. The van der Waals surface area contributed by atoms with E-state index in [0.29, 0.717) is 26.2 Å². The van der Waals surface area contributed by atoms with E-state index in [1.807, 2.05) is 31.3 Å². The number of nitrogens with one attached hydrogen (secondary N) is 1. The lowest BCUT2D eigenvalue weighted by Gasteiger charge is -2.24. The van der Waals surface area contributed by atoms with Gasteiger partial charge in [-0.1, -0.05) is 18.2 Å². The second-order valence-electron chi connectivity index (χ2n) is 5.10. The first-order valence-electron chi connectivity index (χ1n) is 7.28. The smallest absolute Gasteiger partial charge is 0.123 e. The van der Waals surface area contributed by atoms with E-state index in [2.05, 4.69) is 20.9 Å². The lowest BCUT2D eigenvalue weighted by atomic mass is 10.1. The summed E-state index contributed by atoms with van der Waals surface area (Å²) in [6.45, 7) is 6.38. The fourth-order valence-corrected chi connectivity index (χ4v) is 2.33. The Hall–Kier alpha value is -1.85. The highest BCUT2D eigenvalue weighted by molar-refractivity contribution is 5.33. The van der Waals surface area contributed by atoms with Gasteiger partial charge in [-0.2, -0.15) is 0 Å². The molecule has 0 saturated carbocycles. The summed E-state index contributed by atoms with van der Waals surface area (Å²) < 4.78 is 5.67. The van der Waals surface area contributed by atoms with Gasteiger partial charge >= 0.3 is 0 Å². The van der Waals surface area contributed by atoms with Crippen molar-refractivity contribution in [2.24, 2.45) is 0 Å². The predicted octanol–water partition coefficient (Wildman–Crippen LogP) is 2.19. The fourth-order valence-electron chi connectivity index (χ4n) is 2.33. The molecule has 1 aromatic heterocycles. The van der Waals surface area contributed by atoms with Crippen LogP contribution in [0.2, 0.25) is 0 Å². The van der Waals surface area contributed by atoms with Crippen molar-refractivity contribution < 1.29 is 9.84 Å². The third kappa shape index (κ3) is 4.88. The van der Waals surface area contributed by atoms with Gasteiger partial charge in [-0.25, -0.2) is 4.98 Å². The molecular weight excluding hydrogens is 266 g/mol. The van der Waals surface area contributed by atoms with Gasteiger partial charge < -0.3 is 14.8 Å². The summed E-state index contributed by atoms with van der Waals surface area (Å²) >= 11 is 0. The quantitative estimate of drug-likeness (QED) is 0.782. The second kappa shape index (κ2) is 7.81. The van der Waals surface area contributed by atoms with Crippen LogP contribution in [0.25, 0.3) is 0 Å². The molecule has 0 aliphatic rings. The summed E-state index contributed by atoms with van der Waals surface area (Å²) in [5.41, 5.74) is 1.12. The molecule has 1 heterocycles. The van der Waals surface area contributed by atoms with Gasteiger partial charge in [0.25, 0.3) is 0 Å². The minimum Gasteiger partial charge on any atom is -0.494 e. The van der Waals surface area contributed by atoms with Crippen molar-refractivity contribution in [2.75, 3.05) is 13.2 Å². The van der Waals surface area contributed by atoms with Crippen molar-refractivity contribution in [1.29, 1.82) is 0 Å². The van der Waals surface area contributed by atoms with Gasteiger partial charge in [0.05, 0.1) is 19.3 Å². The van der Waals surface area contributed by atoms with Gasteiger partial charge in [-0.15, -0.1) is 0 Å². The molecule has 0 fully saturated rings. The van der Waals surface area contributed by atoms with Crippen molar-refractivity contribution >= 4 is 0 Å². The van der Waals surface area contributed by atoms with Crippen LogP contribution < -0.4 is 4.74 Å². The molecule has 1 aromatic carbocycles. The number of hydrogen-bond acceptors (Lipinski definition) is 4. The topological polar surface area (TPSA) is 61.4 Å². The third-order valence-corrected chi connectivity index (χ3v) is 3.12. The third-order valence-electron chi connectivity index (χ3n) is 3.12. The molecule has 2 N–H and O–H groups in total. The molecule has 0 radical (unpaired) electrons. The largest absolute Gasteiger partial charge is 0.494 e. The molecule has 114 valence electrons. The lowest BCUT2D eigenvalue weighted by Crippen LogP contribution is -2.30. The van der Waals surface area contributed by atoms with E-state index in [1.165, 1.54) is 0 Å². The van der Waals surface area contributed by atoms with E-state index in [1.54, 1.807) is 13.1 Å². The van der Waals surface area contributed by atoms with Crippen LogP contribution in [-0.2, 0) is 13.1 Å². The van der Waals surface area contributed by atoms with Gasteiger partial charge in [-0.3, -0.25) is 4.90 Å². The van der Waals surface area contributed by atoms with Crippen LogP contribution in [0.3, 0.4) is 0 Å². The highest BCUT2D eigenvalue weighted by Crippen LogP contribution is 2.20. The van der Waals surface area contributed by atoms with Gasteiger partial charge in [0.15, 0.2) is 0 Å². The minimum atomic E-state index is -0.390. The summed E-state index contributed by atoms with van der Waals surface area (Å²) in [6.07, 6.45) is 3.16. The van der Waals surface area contributed by atoms with Crippen molar-refractivity contribution in [3.63, 3.8) is 0 Å². The Balaban J connectivity index is 2.10. The van der Waals surface area contributed by atoms with Gasteiger partial charge in [0.1, 0.15) is 11.6 Å². The number of hydrogen-bond donors (Lipinski definition) is 2. The predicted molar refractivity (Wildman–Crippen MR) is 82.0 cm³/mol. The SMILES string of the molecule is CCOc1ccccc1CN(Cc1ncc[nH]1)C[C@@H](C)O. The van der Waals surface area contributed by atoms with Crippen LogP contribution in [0.4, 0.5) is 0 Å². The summed E-state index contributed by atoms with van der Waals surface area (Å²) in [4.78, 5) is 9.51. The van der Waals surface area contributed by atoms with Crippen LogP contribution in [0.1, 0.15) is 25.2 Å². The molecule has 0 bridgehead atoms. The molecule has 1 atom stereocenters. The summed E-state index contributed by atoms with van der Waals surface area (Å²) in [6, 6.07) is 8.01. The van der Waals surface area contributed by atoms with E-state index in [4.69, 9.17) is 4.74 Å². The van der Waals surface area contributed by atoms with E-state index in [9.17, 15) is 5.11 Å². The molecule has 0 amide bonds. The number of para-hydroxylation sites is 1. The molecular formula is C16H23N3O2. The highest BCUT2D eigenvalue weighted by Gasteiger charge is 2.13. The number of rotatable bonds is 8. The Kier molecular flexibility index (Phi) is 5.78. The van der Waals surface area contributed by atoms with Crippen molar-refractivity contribution in [2.45, 2.75) is 33.0 Å². The number of aromatic amines is 1. The number of aliphatic hydroxyl groups is 1. The maximum Gasteiger partial charge on any atom is 0.123 e. The molecule has 5 nitrogen and oxygen atoms in total. The summed E-state index contributed by atoms with van der Waals surface area (Å²) in [7, 11) is 0. The van der Waals surface area contributed by atoms with Crippen molar-refractivity contribution in [1.82, 2.24) is 14.9 Å². The maximum atomic E-state index is 9.70. The number of benzene rings is 1. The molecule has 21 heavy (non-hydrogen) atoms. The molecule has 2 aromatic rings. The Morgan fingerprint density at radius 3 is 2.81 bits per heavy atom. The molecule has 5 heteroatoms. The molecule has 2 rings (SSSR count). The number of aromatic nitrogens is 2. The molecule has 0 saturated heterocycles. The molecule has 0 aliphatic carbocycles. The average Bonchev–Trinajstić information content (AvgIpc) is 2.93. The van der Waals surface area contributed by atoms with Gasteiger partial charge in [0.2, 0.25) is 0 Å². The zero-order chi connectivity index (χ0) is 15.1. The first-order valence-corrected chi connectivity index (χ1v) is 7.28. The minimum absolute atomic E-state index is 0.390. The molecule has 0 unspecified atom stereocenters. The second-order valence-corrected chi connectivity index (χ2v) is 5.10. The fraction of sp³-hybridized carbons (Fsp3) is 0.438.